The molecule has 1 atom stereocenters. The first-order valence-electron chi connectivity index (χ1n) is 11.5. The van der Waals surface area contributed by atoms with Gasteiger partial charge in [-0.25, -0.2) is 4.98 Å². The molecule has 0 fully saturated rings. The highest BCUT2D eigenvalue weighted by atomic mass is 32.2. The highest BCUT2D eigenvalue weighted by Gasteiger charge is 2.21. The van der Waals surface area contributed by atoms with Crippen molar-refractivity contribution >= 4 is 50.7 Å². The number of carbonyl (C=O) groups is 2. The standard InChI is InChI=1S/C27H27N3O3S2/c1-5-22(24(32)28-20-8-6-7-19(13-20)16(4)31)35-27-29-25(33)23-21(14-34-26(23)30-27)18-11-9-17(10-12-18)15(2)3/h6-15,22H,5H2,1-4H3,(H,28,32)(H,29,30,33). The SMILES string of the molecule is CCC(Sc1nc2scc(-c3ccc(C(C)C)cc3)c2c(=O)[nH]1)C(=O)Nc1cccc(C(C)=O)c1. The van der Waals surface area contributed by atoms with E-state index in [1.54, 1.807) is 24.3 Å². The van der Waals surface area contributed by atoms with Crippen molar-refractivity contribution < 1.29 is 9.59 Å². The summed E-state index contributed by atoms with van der Waals surface area (Å²) in [6.45, 7) is 7.69. The third-order valence-corrected chi connectivity index (χ3v) is 7.89. The molecule has 2 heterocycles. The number of fused-ring (bicyclic) bond motifs is 1. The second kappa shape index (κ2) is 10.6. The van der Waals surface area contributed by atoms with Gasteiger partial charge in [0.1, 0.15) is 4.83 Å². The first kappa shape index (κ1) is 24.9. The molecule has 4 aromatic rings. The molecule has 0 bridgehead atoms. The fraction of sp³-hybridized carbons (Fsp3) is 0.259. The van der Waals surface area contributed by atoms with Gasteiger partial charge in [-0.1, -0.05) is 68.9 Å². The summed E-state index contributed by atoms with van der Waals surface area (Å²) < 4.78 is 0. The van der Waals surface area contributed by atoms with Gasteiger partial charge in [0, 0.05) is 22.2 Å². The number of aromatic amines is 1. The number of hydrogen-bond acceptors (Lipinski definition) is 6. The molecule has 0 aliphatic carbocycles. The lowest BCUT2D eigenvalue weighted by Crippen LogP contribution is -2.25. The van der Waals surface area contributed by atoms with Gasteiger partial charge < -0.3 is 10.3 Å². The highest BCUT2D eigenvalue weighted by molar-refractivity contribution is 8.00. The van der Waals surface area contributed by atoms with Gasteiger partial charge >= 0.3 is 0 Å². The van der Waals surface area contributed by atoms with Crippen molar-refractivity contribution in [1.82, 2.24) is 9.97 Å². The van der Waals surface area contributed by atoms with E-state index in [4.69, 9.17) is 0 Å². The predicted molar refractivity (Wildman–Crippen MR) is 145 cm³/mol. The lowest BCUT2D eigenvalue weighted by Gasteiger charge is -2.14. The minimum Gasteiger partial charge on any atom is -0.325 e. The maximum absolute atomic E-state index is 13.0. The van der Waals surface area contributed by atoms with E-state index in [-0.39, 0.29) is 17.2 Å². The predicted octanol–water partition coefficient (Wildman–Crippen LogP) is 6.49. The Bertz CT molecular complexity index is 1440. The molecule has 180 valence electrons. The van der Waals surface area contributed by atoms with E-state index in [0.29, 0.717) is 39.0 Å². The van der Waals surface area contributed by atoms with E-state index in [2.05, 4.69) is 41.3 Å². The van der Waals surface area contributed by atoms with Gasteiger partial charge in [0.05, 0.1) is 10.6 Å². The van der Waals surface area contributed by atoms with Gasteiger partial charge in [-0.2, -0.15) is 0 Å². The fourth-order valence-electron chi connectivity index (χ4n) is 3.74. The maximum atomic E-state index is 13.0. The van der Waals surface area contributed by atoms with Crippen molar-refractivity contribution in [3.05, 3.63) is 75.4 Å². The van der Waals surface area contributed by atoms with Crippen molar-refractivity contribution in [3.63, 3.8) is 0 Å². The molecule has 2 aromatic heterocycles. The molecule has 2 aromatic carbocycles. The number of nitrogens with zero attached hydrogens (tertiary/aromatic N) is 1. The van der Waals surface area contributed by atoms with Crippen molar-refractivity contribution in [2.45, 2.75) is 50.4 Å². The Morgan fingerprint density at radius 1 is 1.14 bits per heavy atom. The number of nitrogens with one attached hydrogen (secondary N) is 2. The smallest absolute Gasteiger partial charge is 0.260 e. The largest absolute Gasteiger partial charge is 0.325 e. The highest BCUT2D eigenvalue weighted by Crippen LogP contribution is 2.33. The molecule has 0 aliphatic rings. The van der Waals surface area contributed by atoms with Crippen LogP contribution in [0.2, 0.25) is 0 Å². The zero-order valence-electron chi connectivity index (χ0n) is 20.0. The van der Waals surface area contributed by atoms with Crippen molar-refractivity contribution in [1.29, 1.82) is 0 Å². The molecule has 2 N–H and O–H groups in total. The van der Waals surface area contributed by atoms with E-state index in [0.717, 1.165) is 11.1 Å². The molecule has 0 saturated heterocycles. The average molecular weight is 506 g/mol. The van der Waals surface area contributed by atoms with Gasteiger partial charge in [0.2, 0.25) is 5.91 Å². The number of thioether (sulfide) groups is 1. The van der Waals surface area contributed by atoms with Crippen molar-refractivity contribution in [2.24, 2.45) is 0 Å². The van der Waals surface area contributed by atoms with Crippen LogP contribution in [-0.2, 0) is 4.79 Å². The minimum atomic E-state index is -0.459. The third-order valence-electron chi connectivity index (χ3n) is 5.76. The van der Waals surface area contributed by atoms with E-state index in [9.17, 15) is 14.4 Å². The molecule has 1 amide bonds. The second-order valence-electron chi connectivity index (χ2n) is 8.62. The Labute approximate surface area is 212 Å². The molecule has 0 radical (unpaired) electrons. The quantitative estimate of drug-likeness (QED) is 0.162. The monoisotopic (exact) mass is 505 g/mol. The van der Waals surface area contributed by atoms with E-state index < -0.39 is 5.25 Å². The summed E-state index contributed by atoms with van der Waals surface area (Å²) in [5.74, 6) is 0.163. The topological polar surface area (TPSA) is 91.9 Å². The first-order chi connectivity index (χ1) is 16.8. The molecule has 0 saturated carbocycles. The molecular weight excluding hydrogens is 478 g/mol. The zero-order valence-corrected chi connectivity index (χ0v) is 21.7. The van der Waals surface area contributed by atoms with Gasteiger partial charge in [-0.15, -0.1) is 11.3 Å². The van der Waals surface area contributed by atoms with Crippen LogP contribution in [0.3, 0.4) is 0 Å². The Hall–Kier alpha value is -3.23. The Morgan fingerprint density at radius 2 is 1.89 bits per heavy atom. The summed E-state index contributed by atoms with van der Waals surface area (Å²) in [6.07, 6.45) is 0.544. The molecule has 35 heavy (non-hydrogen) atoms. The summed E-state index contributed by atoms with van der Waals surface area (Å²) in [6, 6.07) is 15.1. The zero-order chi connectivity index (χ0) is 25.1. The van der Waals surface area contributed by atoms with Crippen LogP contribution < -0.4 is 10.9 Å². The fourth-order valence-corrected chi connectivity index (χ4v) is 5.64. The summed E-state index contributed by atoms with van der Waals surface area (Å²) in [4.78, 5) is 45.7. The number of aromatic nitrogens is 2. The molecule has 6 nitrogen and oxygen atoms in total. The molecule has 0 spiro atoms. The average Bonchev–Trinajstić information content (AvgIpc) is 3.27. The van der Waals surface area contributed by atoms with Crippen LogP contribution >= 0.6 is 23.1 Å². The summed E-state index contributed by atoms with van der Waals surface area (Å²) in [5.41, 5.74) is 3.96. The van der Waals surface area contributed by atoms with Gasteiger partial charge in [0.25, 0.3) is 5.56 Å². The number of ketones is 1. The summed E-state index contributed by atoms with van der Waals surface area (Å²) >= 11 is 2.65. The minimum absolute atomic E-state index is 0.0659. The number of Topliss-reactive ketones (excluding diaryl/α,β-unsaturated/α-hetero) is 1. The molecule has 1 unspecified atom stereocenters. The normalized spacial score (nSPS) is 12.1. The van der Waals surface area contributed by atoms with Crippen LogP contribution in [-0.4, -0.2) is 26.9 Å². The second-order valence-corrected chi connectivity index (χ2v) is 10.7. The van der Waals surface area contributed by atoms with Crippen LogP contribution in [0.5, 0.6) is 0 Å². The van der Waals surface area contributed by atoms with Crippen LogP contribution in [0.25, 0.3) is 21.3 Å². The van der Waals surface area contributed by atoms with Crippen molar-refractivity contribution in [3.8, 4) is 11.1 Å². The number of thiophene rings is 1. The Balaban J connectivity index is 1.56. The van der Waals surface area contributed by atoms with E-state index >= 15 is 0 Å². The number of hydrogen-bond donors (Lipinski definition) is 2. The number of carbonyl (C=O) groups excluding carboxylic acids is 2. The number of amides is 1. The summed E-state index contributed by atoms with van der Waals surface area (Å²) in [7, 11) is 0. The van der Waals surface area contributed by atoms with E-state index in [1.165, 1.54) is 35.6 Å². The first-order valence-corrected chi connectivity index (χ1v) is 13.2. The van der Waals surface area contributed by atoms with Crippen LogP contribution in [0.15, 0.2) is 63.9 Å². The van der Waals surface area contributed by atoms with Gasteiger partial charge in [0.15, 0.2) is 10.9 Å². The van der Waals surface area contributed by atoms with Crippen LogP contribution in [0, 0.1) is 0 Å². The van der Waals surface area contributed by atoms with Gasteiger partial charge in [-0.3, -0.25) is 14.4 Å². The van der Waals surface area contributed by atoms with E-state index in [1.807, 2.05) is 24.4 Å². The molecule has 4 rings (SSSR count). The van der Waals surface area contributed by atoms with Crippen LogP contribution in [0.4, 0.5) is 5.69 Å². The van der Waals surface area contributed by atoms with Crippen LogP contribution in [0.1, 0.15) is 56.0 Å². The van der Waals surface area contributed by atoms with Crippen molar-refractivity contribution in [2.75, 3.05) is 5.32 Å². The lowest BCUT2D eigenvalue weighted by atomic mass is 9.99. The van der Waals surface area contributed by atoms with Gasteiger partial charge in [-0.05, 0) is 42.5 Å². The number of anilines is 1. The Morgan fingerprint density at radius 3 is 2.54 bits per heavy atom. The molecular formula is C27H27N3O3S2. The Kier molecular flexibility index (Phi) is 7.52. The number of benzene rings is 2. The number of rotatable bonds is 8. The summed E-state index contributed by atoms with van der Waals surface area (Å²) in [5, 5.41) is 5.34. The maximum Gasteiger partial charge on any atom is 0.260 e. The number of H-pyrrole nitrogens is 1. The third kappa shape index (κ3) is 5.55. The molecule has 0 aliphatic heterocycles. The molecule has 8 heteroatoms. The lowest BCUT2D eigenvalue weighted by molar-refractivity contribution is -0.115.